The lowest BCUT2D eigenvalue weighted by atomic mass is 10.0. The standard InChI is InChI=1S/C20H23NO2/c1-15-8-10-16(11-9-15)18-6-4-14-21(18)20(23)13-12-17-5-2-3-7-19(17)22/h2-3,5,7-11,18,22H,4,6,12-14H2,1H3. The van der Waals surface area contributed by atoms with Crippen molar-refractivity contribution in [2.75, 3.05) is 6.54 Å². The zero-order chi connectivity index (χ0) is 16.2. The molecular formula is C20H23NO2. The first-order valence-corrected chi connectivity index (χ1v) is 8.28. The van der Waals surface area contributed by atoms with Gasteiger partial charge >= 0.3 is 0 Å². The molecule has 2 aromatic carbocycles. The van der Waals surface area contributed by atoms with Gasteiger partial charge in [0.2, 0.25) is 5.91 Å². The molecule has 0 spiro atoms. The van der Waals surface area contributed by atoms with Gasteiger partial charge in [-0.2, -0.15) is 0 Å². The van der Waals surface area contributed by atoms with Gasteiger partial charge in [-0.3, -0.25) is 4.79 Å². The maximum Gasteiger partial charge on any atom is 0.223 e. The summed E-state index contributed by atoms with van der Waals surface area (Å²) in [7, 11) is 0. The van der Waals surface area contributed by atoms with Gasteiger partial charge in [-0.1, -0.05) is 48.0 Å². The van der Waals surface area contributed by atoms with Gasteiger partial charge < -0.3 is 10.0 Å². The molecule has 1 atom stereocenters. The Morgan fingerprint density at radius 3 is 2.65 bits per heavy atom. The lowest BCUT2D eigenvalue weighted by Gasteiger charge is -2.25. The molecule has 1 aliphatic heterocycles. The minimum atomic E-state index is 0.177. The molecule has 3 heteroatoms. The van der Waals surface area contributed by atoms with Gasteiger partial charge in [0.1, 0.15) is 5.75 Å². The molecule has 120 valence electrons. The van der Waals surface area contributed by atoms with E-state index in [1.165, 1.54) is 11.1 Å². The van der Waals surface area contributed by atoms with Gasteiger partial charge in [-0.15, -0.1) is 0 Å². The summed E-state index contributed by atoms with van der Waals surface area (Å²) in [5, 5.41) is 9.82. The Hall–Kier alpha value is -2.29. The number of aryl methyl sites for hydroxylation is 2. The third-order valence-corrected chi connectivity index (χ3v) is 4.64. The highest BCUT2D eigenvalue weighted by Gasteiger charge is 2.29. The molecule has 1 amide bonds. The summed E-state index contributed by atoms with van der Waals surface area (Å²) >= 11 is 0. The molecule has 0 aliphatic carbocycles. The monoisotopic (exact) mass is 309 g/mol. The normalized spacial score (nSPS) is 17.4. The predicted molar refractivity (Wildman–Crippen MR) is 91.3 cm³/mol. The number of carbonyl (C=O) groups is 1. The lowest BCUT2D eigenvalue weighted by molar-refractivity contribution is -0.132. The Labute approximate surface area is 137 Å². The van der Waals surface area contributed by atoms with Crippen LogP contribution in [-0.2, 0) is 11.2 Å². The topological polar surface area (TPSA) is 40.5 Å². The number of likely N-dealkylation sites (tertiary alicyclic amines) is 1. The molecule has 1 saturated heterocycles. The predicted octanol–water partition coefficient (Wildman–Crippen LogP) is 4.00. The molecule has 1 heterocycles. The highest BCUT2D eigenvalue weighted by Crippen LogP contribution is 2.32. The summed E-state index contributed by atoms with van der Waals surface area (Å²) in [5.74, 6) is 0.452. The number of aromatic hydroxyl groups is 1. The van der Waals surface area contributed by atoms with E-state index in [1.54, 1.807) is 12.1 Å². The van der Waals surface area contributed by atoms with Crippen LogP contribution in [0.25, 0.3) is 0 Å². The van der Waals surface area contributed by atoms with Crippen molar-refractivity contribution in [1.29, 1.82) is 0 Å². The van der Waals surface area contributed by atoms with E-state index < -0.39 is 0 Å². The molecular weight excluding hydrogens is 286 g/mol. The van der Waals surface area contributed by atoms with E-state index in [0.717, 1.165) is 24.9 Å². The van der Waals surface area contributed by atoms with Crippen molar-refractivity contribution in [2.24, 2.45) is 0 Å². The minimum Gasteiger partial charge on any atom is -0.508 e. The molecule has 0 saturated carbocycles. The summed E-state index contributed by atoms with van der Waals surface area (Å²) in [4.78, 5) is 14.6. The zero-order valence-electron chi connectivity index (χ0n) is 13.5. The third kappa shape index (κ3) is 3.55. The molecule has 1 fully saturated rings. The van der Waals surface area contributed by atoms with E-state index in [-0.39, 0.29) is 17.7 Å². The second-order valence-electron chi connectivity index (χ2n) is 6.28. The second kappa shape index (κ2) is 6.86. The number of phenolic OH excluding ortho intramolecular Hbond substituents is 1. The van der Waals surface area contributed by atoms with Crippen LogP contribution >= 0.6 is 0 Å². The SMILES string of the molecule is Cc1ccc(C2CCCN2C(=O)CCc2ccccc2O)cc1. The molecule has 3 nitrogen and oxygen atoms in total. The molecule has 2 aromatic rings. The Morgan fingerprint density at radius 2 is 1.91 bits per heavy atom. The fourth-order valence-corrected chi connectivity index (χ4v) is 3.31. The first-order chi connectivity index (χ1) is 11.1. The number of hydrogen-bond donors (Lipinski definition) is 1. The molecule has 0 aromatic heterocycles. The van der Waals surface area contributed by atoms with Gasteiger partial charge in [0.25, 0.3) is 0 Å². The summed E-state index contributed by atoms with van der Waals surface area (Å²) in [5.41, 5.74) is 3.31. The van der Waals surface area contributed by atoms with Gasteiger partial charge in [0.05, 0.1) is 6.04 Å². The quantitative estimate of drug-likeness (QED) is 0.927. The third-order valence-electron chi connectivity index (χ3n) is 4.64. The van der Waals surface area contributed by atoms with Crippen LogP contribution in [0.2, 0.25) is 0 Å². The van der Waals surface area contributed by atoms with Crippen molar-refractivity contribution < 1.29 is 9.90 Å². The van der Waals surface area contributed by atoms with Crippen LogP contribution in [0.1, 0.15) is 42.0 Å². The molecule has 0 radical (unpaired) electrons. The van der Waals surface area contributed by atoms with Crippen LogP contribution in [-0.4, -0.2) is 22.5 Å². The van der Waals surface area contributed by atoms with Crippen LogP contribution in [0, 0.1) is 6.92 Å². The van der Waals surface area contributed by atoms with Crippen LogP contribution in [0.3, 0.4) is 0 Å². The maximum atomic E-state index is 12.6. The van der Waals surface area contributed by atoms with Crippen LogP contribution in [0.15, 0.2) is 48.5 Å². The Morgan fingerprint density at radius 1 is 1.17 bits per heavy atom. The number of hydrogen-bond acceptors (Lipinski definition) is 2. The summed E-state index contributed by atoms with van der Waals surface area (Å²) in [6.07, 6.45) is 3.12. The van der Waals surface area contributed by atoms with Crippen molar-refractivity contribution in [3.63, 3.8) is 0 Å². The highest BCUT2D eigenvalue weighted by molar-refractivity contribution is 5.77. The van der Waals surface area contributed by atoms with Gasteiger partial charge in [0, 0.05) is 13.0 Å². The number of nitrogens with zero attached hydrogens (tertiary/aromatic N) is 1. The second-order valence-corrected chi connectivity index (χ2v) is 6.28. The van der Waals surface area contributed by atoms with Gasteiger partial charge in [0.15, 0.2) is 0 Å². The van der Waals surface area contributed by atoms with E-state index in [9.17, 15) is 9.90 Å². The fraction of sp³-hybridized carbons (Fsp3) is 0.350. The van der Waals surface area contributed by atoms with Gasteiger partial charge in [-0.25, -0.2) is 0 Å². The number of carbonyl (C=O) groups excluding carboxylic acids is 1. The summed E-state index contributed by atoms with van der Waals surface area (Å²) in [6.45, 7) is 2.91. The largest absolute Gasteiger partial charge is 0.508 e. The Balaban J connectivity index is 1.66. The van der Waals surface area contributed by atoms with Crippen LogP contribution in [0.5, 0.6) is 5.75 Å². The lowest BCUT2D eigenvalue weighted by Crippen LogP contribution is -2.30. The number of rotatable bonds is 4. The average molecular weight is 309 g/mol. The van der Waals surface area contributed by atoms with Crippen molar-refractivity contribution >= 4 is 5.91 Å². The summed E-state index contributed by atoms with van der Waals surface area (Å²) in [6, 6.07) is 15.9. The molecule has 3 rings (SSSR count). The van der Waals surface area contributed by atoms with Crippen LogP contribution < -0.4 is 0 Å². The van der Waals surface area contributed by atoms with E-state index in [1.807, 2.05) is 17.0 Å². The Kier molecular flexibility index (Phi) is 4.65. The smallest absolute Gasteiger partial charge is 0.223 e. The summed E-state index contributed by atoms with van der Waals surface area (Å²) < 4.78 is 0. The average Bonchev–Trinajstić information content (AvgIpc) is 3.04. The minimum absolute atomic E-state index is 0.177. The van der Waals surface area contributed by atoms with Gasteiger partial charge in [-0.05, 0) is 43.4 Å². The Bertz CT molecular complexity index is 678. The van der Waals surface area contributed by atoms with E-state index >= 15 is 0 Å². The van der Waals surface area contributed by atoms with E-state index in [0.29, 0.717) is 12.8 Å². The molecule has 1 aliphatic rings. The fourth-order valence-electron chi connectivity index (χ4n) is 3.31. The number of phenols is 1. The highest BCUT2D eigenvalue weighted by atomic mass is 16.3. The first-order valence-electron chi connectivity index (χ1n) is 8.28. The first kappa shape index (κ1) is 15.6. The van der Waals surface area contributed by atoms with E-state index in [4.69, 9.17) is 0 Å². The van der Waals surface area contributed by atoms with Crippen LogP contribution in [0.4, 0.5) is 0 Å². The van der Waals surface area contributed by atoms with Crippen molar-refractivity contribution in [1.82, 2.24) is 4.90 Å². The molecule has 0 bridgehead atoms. The van der Waals surface area contributed by atoms with Crippen molar-refractivity contribution in [2.45, 2.75) is 38.6 Å². The maximum absolute atomic E-state index is 12.6. The molecule has 1 N–H and O–H groups in total. The number of para-hydroxylation sites is 1. The molecule has 23 heavy (non-hydrogen) atoms. The number of amides is 1. The zero-order valence-corrected chi connectivity index (χ0v) is 13.5. The number of benzene rings is 2. The van der Waals surface area contributed by atoms with Crippen molar-refractivity contribution in [3.8, 4) is 5.75 Å². The molecule has 1 unspecified atom stereocenters. The van der Waals surface area contributed by atoms with Crippen molar-refractivity contribution in [3.05, 3.63) is 65.2 Å². The van der Waals surface area contributed by atoms with E-state index in [2.05, 4.69) is 31.2 Å².